The molecule has 0 bridgehead atoms. The molecule has 0 saturated carbocycles. The molecule has 32 valence electrons. The summed E-state index contributed by atoms with van der Waals surface area (Å²) in [5.74, 6) is 0. The molecular weight excluding hydrogens is 466 g/mol. The molecule has 6 heteroatoms. The van der Waals surface area contributed by atoms with Crippen LogP contribution in [0.5, 0.6) is 0 Å². The number of hydrogen-bond donors (Lipinski definition) is 0. The van der Waals surface area contributed by atoms with Gasteiger partial charge in [0, 0.05) is 80.4 Å². The Balaban J connectivity index is 0. The van der Waals surface area contributed by atoms with E-state index >= 15 is 0 Å². The van der Waals surface area contributed by atoms with Crippen LogP contribution in [0.2, 0.25) is 0 Å². The van der Waals surface area contributed by atoms with E-state index in [9.17, 15) is 0 Å². The first-order valence-corrected chi connectivity index (χ1v) is 0. The van der Waals surface area contributed by atoms with Gasteiger partial charge in [-0.3, -0.25) is 0 Å². The molecule has 0 spiro atoms. The van der Waals surface area contributed by atoms with Gasteiger partial charge in [0.05, 0.1) is 0 Å². The van der Waals surface area contributed by atoms with Crippen molar-refractivity contribution in [2.45, 2.75) is 0 Å². The Kier molecular flexibility index (Phi) is 231. The van der Waals surface area contributed by atoms with Gasteiger partial charge in [0.1, 0.15) is 0 Å². The largest absolute Gasteiger partial charge is 2.00 e. The van der Waals surface area contributed by atoms with Crippen molar-refractivity contribution in [1.82, 2.24) is 0 Å². The van der Waals surface area contributed by atoms with Crippen LogP contribution in [0.1, 0.15) is 2.85 Å². The van der Waals surface area contributed by atoms with E-state index < -0.39 is 0 Å². The van der Waals surface area contributed by atoms with Crippen LogP contribution in [0, 0.1) is 36.9 Å². The molecule has 0 aromatic heterocycles. The average Bonchev–Trinajstić information content (AvgIpc) is 0. The Morgan fingerprint density at radius 3 is 1.17 bits per heavy atom. The second-order valence-electron chi connectivity index (χ2n) is 0. The molecule has 0 rings (SSSR count). The predicted octanol–water partition coefficient (Wildman–Crippen LogP) is -6.53. The van der Waals surface area contributed by atoms with E-state index in [1.165, 1.54) is 0 Å². The van der Waals surface area contributed by atoms with Gasteiger partial charge in [0.15, 0.2) is 0 Å². The summed E-state index contributed by atoms with van der Waals surface area (Å²) in [7, 11) is 0. The molecule has 0 atom stereocenters. The Bertz CT molecular complexity index is 22.0. The van der Waals surface area contributed by atoms with Gasteiger partial charge in [-0.1, -0.05) is 0 Å². The van der Waals surface area contributed by atoms with E-state index in [2.05, 4.69) is 0 Å². The van der Waals surface area contributed by atoms with Gasteiger partial charge in [-0.2, -0.15) is 0 Å². The fourth-order valence-corrected chi connectivity index (χ4v) is 0. The summed E-state index contributed by atoms with van der Waals surface area (Å²) in [5, 5.41) is 0. The van der Waals surface area contributed by atoms with E-state index in [0.717, 1.165) is 0 Å². The third kappa shape index (κ3) is 22.9. The summed E-state index contributed by atoms with van der Waals surface area (Å²) in [6, 6.07) is 0. The van der Waals surface area contributed by atoms with Crippen LogP contribution in [0.3, 0.4) is 0 Å². The molecular formula is H2AlBaFNaTmZr. The second-order valence-corrected chi connectivity index (χ2v) is 0. The zero-order valence-electron chi connectivity index (χ0n) is 5.44. The van der Waals surface area contributed by atoms with E-state index in [1.54, 1.807) is 0 Å². The molecule has 0 aliphatic rings. The molecule has 0 saturated heterocycles. The van der Waals surface area contributed by atoms with Crippen molar-refractivity contribution in [1.29, 1.82) is 0 Å². The van der Waals surface area contributed by atoms with Crippen LogP contribution < -0.4 is 34.3 Å². The molecule has 0 amide bonds. The first-order valence-electron chi connectivity index (χ1n) is 0. The van der Waals surface area contributed by atoms with Crippen molar-refractivity contribution in [2.24, 2.45) is 0 Å². The van der Waals surface area contributed by atoms with Crippen molar-refractivity contribution in [2.75, 3.05) is 0 Å². The fraction of sp³-hybridized carbons (Fsp3) is 0. The summed E-state index contributed by atoms with van der Waals surface area (Å²) in [4.78, 5) is 0. The summed E-state index contributed by atoms with van der Waals surface area (Å²) >= 11 is 0. The molecule has 0 nitrogen and oxygen atoms in total. The normalized spacial score (nSPS) is 0. The van der Waals surface area contributed by atoms with Crippen molar-refractivity contribution in [3.05, 3.63) is 0 Å². The Labute approximate surface area is 161 Å². The van der Waals surface area contributed by atoms with Crippen molar-refractivity contribution in [3.8, 4) is 0 Å². The van der Waals surface area contributed by atoms with E-state index in [1.807, 2.05) is 0 Å². The third-order valence-corrected chi connectivity index (χ3v) is 0. The molecule has 0 N–H and O–H groups in total. The topological polar surface area (TPSA) is 0 Å². The van der Waals surface area contributed by atoms with E-state index in [4.69, 9.17) is 0 Å². The molecule has 0 aromatic carbocycles. The van der Waals surface area contributed by atoms with Crippen LogP contribution in [0.4, 0.5) is 0 Å². The number of rotatable bonds is 0. The number of hydrogen-bond acceptors (Lipinski definition) is 0. The van der Waals surface area contributed by atoms with Crippen LogP contribution in [0.15, 0.2) is 0 Å². The first-order chi connectivity index (χ1) is 0. The van der Waals surface area contributed by atoms with Gasteiger partial charge < -0.3 is 7.56 Å². The maximum Gasteiger partial charge on any atom is 2.00 e. The van der Waals surface area contributed by atoms with Crippen molar-refractivity contribution in [3.63, 3.8) is 0 Å². The van der Waals surface area contributed by atoms with Gasteiger partial charge in [-0.25, -0.2) is 0 Å². The van der Waals surface area contributed by atoms with Gasteiger partial charge in [-0.05, 0) is 0 Å². The van der Waals surface area contributed by atoms with Crippen LogP contribution in [-0.2, 0) is 26.2 Å². The quantitative estimate of drug-likeness (QED) is 0.311. The molecule has 6 heavy (non-hydrogen) atoms. The van der Waals surface area contributed by atoms with Gasteiger partial charge in [0.2, 0.25) is 0 Å². The standard InChI is InChI=1S/Al.Ba.FH.Na.Tm.Zr.2H/h;;1H;;;;;/q;+2;;+1;;;2*-1/p-1. The first kappa shape index (κ1) is 43.3. The minimum Gasteiger partial charge on any atom is -1.00 e. The fourth-order valence-electron chi connectivity index (χ4n) is 0. The van der Waals surface area contributed by atoms with Crippen molar-refractivity contribution < 1.29 is 100 Å². The Morgan fingerprint density at radius 1 is 1.17 bits per heavy atom. The Hall–Kier alpha value is 5.15. The summed E-state index contributed by atoms with van der Waals surface area (Å²) < 4.78 is 0. The monoisotopic (exact) mass is 468 g/mol. The predicted molar refractivity (Wildman–Crippen MR) is 13.7 cm³/mol. The number of halogens is 1. The zero-order chi connectivity index (χ0) is 0. The smallest absolute Gasteiger partial charge is 1.00 e. The Morgan fingerprint density at radius 2 is 1.17 bits per heavy atom. The van der Waals surface area contributed by atoms with Crippen LogP contribution in [-0.4, -0.2) is 66.2 Å². The molecule has 0 fully saturated rings. The minimum atomic E-state index is 0. The maximum absolute atomic E-state index is 0. The van der Waals surface area contributed by atoms with E-state index in [0.29, 0.717) is 0 Å². The molecule has 0 aliphatic heterocycles. The second kappa shape index (κ2) is 32.0. The summed E-state index contributed by atoms with van der Waals surface area (Å²) in [6.07, 6.45) is 0. The summed E-state index contributed by atoms with van der Waals surface area (Å²) in [6.45, 7) is 0. The van der Waals surface area contributed by atoms with Gasteiger partial charge in [0.25, 0.3) is 0 Å². The average molecular weight is 468 g/mol. The van der Waals surface area contributed by atoms with Gasteiger partial charge in [-0.15, -0.1) is 0 Å². The molecule has 0 aliphatic carbocycles. The molecule has 0 aromatic rings. The molecule has 0 unspecified atom stereocenters. The van der Waals surface area contributed by atoms with Crippen LogP contribution in [0.25, 0.3) is 0 Å². The van der Waals surface area contributed by atoms with E-state index in [-0.39, 0.29) is 166 Å². The van der Waals surface area contributed by atoms with Crippen molar-refractivity contribution >= 4 is 66.2 Å². The zero-order valence-corrected chi connectivity index (χ0v) is 15.3. The summed E-state index contributed by atoms with van der Waals surface area (Å²) in [5.41, 5.74) is 0. The third-order valence-electron chi connectivity index (χ3n) is 0. The van der Waals surface area contributed by atoms with Gasteiger partial charge >= 0.3 is 78.4 Å². The molecule has 0 heterocycles. The molecule has 4 radical (unpaired) electrons. The SMILES string of the molecule is [Al].[Ba+2].[F-].[H-].[H-].[Na+].[Tm].[Zr]. The maximum atomic E-state index is 0. The van der Waals surface area contributed by atoms with Crippen LogP contribution >= 0.6 is 0 Å². The minimum absolute atomic E-state index is 0.